The van der Waals surface area contributed by atoms with E-state index in [0.29, 0.717) is 5.41 Å². The molecular weight excluding hydrogens is 423 g/mol. The van der Waals surface area contributed by atoms with Crippen molar-refractivity contribution in [3.05, 3.63) is 35.9 Å². The average Bonchev–Trinajstić information content (AvgIpc) is 3.24. The lowest BCUT2D eigenvalue weighted by molar-refractivity contribution is 0.330. The Bertz CT molecular complexity index is 522. The standard InChI is InChI=1S/C20H32N4.HI/c1-21-19(22-13-5-6-14-24-15-7-8-16-24)23-17-20(11-12-20)18-9-3-2-4-10-18;/h2-4,9-10H,5-8,11-17H2,1H3,(H2,21,22,23);1H. The maximum atomic E-state index is 4.37. The van der Waals surface area contributed by atoms with Gasteiger partial charge in [0.2, 0.25) is 0 Å². The summed E-state index contributed by atoms with van der Waals surface area (Å²) in [5, 5.41) is 7.00. The smallest absolute Gasteiger partial charge is 0.191 e. The van der Waals surface area contributed by atoms with E-state index in [2.05, 4.69) is 50.9 Å². The van der Waals surface area contributed by atoms with E-state index in [1.165, 1.54) is 63.7 Å². The van der Waals surface area contributed by atoms with Crippen molar-refractivity contribution in [3.63, 3.8) is 0 Å². The van der Waals surface area contributed by atoms with E-state index < -0.39 is 0 Å². The predicted molar refractivity (Wildman–Crippen MR) is 117 cm³/mol. The highest BCUT2D eigenvalue weighted by Gasteiger charge is 2.43. The third-order valence-electron chi connectivity index (χ3n) is 5.45. The third kappa shape index (κ3) is 6.13. The van der Waals surface area contributed by atoms with Gasteiger partial charge in [-0.15, -0.1) is 24.0 Å². The van der Waals surface area contributed by atoms with E-state index in [-0.39, 0.29) is 24.0 Å². The van der Waals surface area contributed by atoms with Crippen LogP contribution in [0.4, 0.5) is 0 Å². The number of rotatable bonds is 8. The number of nitrogens with zero attached hydrogens (tertiary/aromatic N) is 2. The normalized spacial score (nSPS) is 19.3. The van der Waals surface area contributed by atoms with Gasteiger partial charge in [-0.3, -0.25) is 4.99 Å². The first-order valence-corrected chi connectivity index (χ1v) is 9.55. The van der Waals surface area contributed by atoms with Gasteiger partial charge in [0, 0.05) is 25.6 Å². The molecule has 140 valence electrons. The van der Waals surface area contributed by atoms with E-state index in [4.69, 9.17) is 0 Å². The molecule has 2 fully saturated rings. The predicted octanol–water partition coefficient (Wildman–Crippen LogP) is 3.38. The molecule has 4 nitrogen and oxygen atoms in total. The Morgan fingerprint density at radius 1 is 1.08 bits per heavy atom. The lowest BCUT2D eigenvalue weighted by Gasteiger charge is -2.19. The van der Waals surface area contributed by atoms with Gasteiger partial charge in [-0.05, 0) is 63.7 Å². The van der Waals surface area contributed by atoms with Gasteiger partial charge in [0.25, 0.3) is 0 Å². The molecule has 5 heteroatoms. The molecular formula is C20H33IN4. The molecule has 0 radical (unpaired) electrons. The highest BCUT2D eigenvalue weighted by Crippen LogP contribution is 2.47. The third-order valence-corrected chi connectivity index (χ3v) is 5.45. The van der Waals surface area contributed by atoms with E-state index >= 15 is 0 Å². The molecule has 1 aliphatic heterocycles. The summed E-state index contributed by atoms with van der Waals surface area (Å²) in [6.07, 6.45) is 7.81. The molecule has 1 aromatic carbocycles. The Balaban J connectivity index is 0.00000225. The number of hydrogen-bond donors (Lipinski definition) is 2. The first kappa shape index (κ1) is 20.5. The van der Waals surface area contributed by atoms with Crippen molar-refractivity contribution in [3.8, 4) is 0 Å². The molecule has 1 saturated carbocycles. The molecule has 0 bridgehead atoms. The van der Waals surface area contributed by atoms with Gasteiger partial charge < -0.3 is 15.5 Å². The van der Waals surface area contributed by atoms with Gasteiger partial charge in [-0.25, -0.2) is 0 Å². The summed E-state index contributed by atoms with van der Waals surface area (Å²) in [7, 11) is 1.86. The minimum atomic E-state index is 0. The summed E-state index contributed by atoms with van der Waals surface area (Å²) in [5.41, 5.74) is 1.79. The number of nitrogens with one attached hydrogen (secondary N) is 2. The number of guanidine groups is 1. The zero-order valence-corrected chi connectivity index (χ0v) is 17.8. The van der Waals surface area contributed by atoms with Gasteiger partial charge in [0.15, 0.2) is 5.96 Å². The van der Waals surface area contributed by atoms with Crippen molar-refractivity contribution in [2.75, 3.05) is 39.8 Å². The van der Waals surface area contributed by atoms with E-state index in [1.54, 1.807) is 0 Å². The second kappa shape index (κ2) is 10.4. The Morgan fingerprint density at radius 2 is 1.80 bits per heavy atom. The second-order valence-electron chi connectivity index (χ2n) is 7.25. The molecule has 2 N–H and O–H groups in total. The average molecular weight is 456 g/mol. The molecule has 1 heterocycles. The monoisotopic (exact) mass is 456 g/mol. The molecule has 1 saturated heterocycles. The number of unbranched alkanes of at least 4 members (excludes halogenated alkanes) is 1. The largest absolute Gasteiger partial charge is 0.356 e. The summed E-state index contributed by atoms with van der Waals surface area (Å²) < 4.78 is 0. The van der Waals surface area contributed by atoms with Crippen LogP contribution in [-0.4, -0.2) is 50.6 Å². The molecule has 0 atom stereocenters. The van der Waals surface area contributed by atoms with Crippen molar-refractivity contribution in [2.45, 2.75) is 43.9 Å². The molecule has 0 aromatic heterocycles. The molecule has 1 aromatic rings. The SMILES string of the molecule is CN=C(NCCCCN1CCCC1)NCC1(c2ccccc2)CC1.I. The Labute approximate surface area is 169 Å². The number of likely N-dealkylation sites (tertiary alicyclic amines) is 1. The van der Waals surface area contributed by atoms with Crippen LogP contribution in [-0.2, 0) is 5.41 Å². The van der Waals surface area contributed by atoms with E-state index in [1.807, 2.05) is 7.05 Å². The lowest BCUT2D eigenvalue weighted by atomic mass is 9.96. The van der Waals surface area contributed by atoms with Gasteiger partial charge >= 0.3 is 0 Å². The van der Waals surface area contributed by atoms with Gasteiger partial charge in [0.05, 0.1) is 0 Å². The number of benzene rings is 1. The molecule has 0 spiro atoms. The summed E-state index contributed by atoms with van der Waals surface area (Å²) in [6, 6.07) is 10.9. The Kier molecular flexibility index (Phi) is 8.49. The summed E-state index contributed by atoms with van der Waals surface area (Å²) in [5.74, 6) is 0.943. The van der Waals surface area contributed by atoms with Crippen LogP contribution in [0.25, 0.3) is 0 Å². The Hall–Kier alpha value is -0.820. The second-order valence-corrected chi connectivity index (χ2v) is 7.25. The van der Waals surface area contributed by atoms with Crippen LogP contribution in [0.3, 0.4) is 0 Å². The highest BCUT2D eigenvalue weighted by molar-refractivity contribution is 14.0. The van der Waals surface area contributed by atoms with Crippen LogP contribution >= 0.6 is 24.0 Å². The van der Waals surface area contributed by atoms with Gasteiger partial charge in [-0.1, -0.05) is 30.3 Å². The van der Waals surface area contributed by atoms with Crippen LogP contribution in [0.2, 0.25) is 0 Å². The van der Waals surface area contributed by atoms with Crippen LogP contribution in [0.15, 0.2) is 35.3 Å². The molecule has 0 amide bonds. The lowest BCUT2D eigenvalue weighted by Crippen LogP contribution is -2.41. The fourth-order valence-corrected chi connectivity index (χ4v) is 3.66. The Morgan fingerprint density at radius 3 is 2.44 bits per heavy atom. The minimum absolute atomic E-state index is 0. The first-order chi connectivity index (χ1) is 11.8. The van der Waals surface area contributed by atoms with E-state index in [0.717, 1.165) is 19.0 Å². The number of aliphatic imine (C=N–C) groups is 1. The van der Waals surface area contributed by atoms with Crippen molar-refractivity contribution in [1.82, 2.24) is 15.5 Å². The van der Waals surface area contributed by atoms with Crippen molar-refractivity contribution < 1.29 is 0 Å². The fraction of sp³-hybridized carbons (Fsp3) is 0.650. The number of halogens is 1. The quantitative estimate of drug-likeness (QED) is 0.273. The first-order valence-electron chi connectivity index (χ1n) is 9.55. The minimum Gasteiger partial charge on any atom is -0.356 e. The molecule has 2 aliphatic rings. The maximum Gasteiger partial charge on any atom is 0.191 e. The molecule has 0 unspecified atom stereocenters. The summed E-state index contributed by atoms with van der Waals surface area (Å²) in [6.45, 7) is 5.84. The van der Waals surface area contributed by atoms with Crippen LogP contribution in [0, 0.1) is 0 Å². The van der Waals surface area contributed by atoms with Crippen LogP contribution in [0.1, 0.15) is 44.1 Å². The van der Waals surface area contributed by atoms with E-state index in [9.17, 15) is 0 Å². The van der Waals surface area contributed by atoms with Crippen molar-refractivity contribution >= 4 is 29.9 Å². The molecule has 3 rings (SSSR count). The zero-order chi connectivity index (χ0) is 16.7. The molecule has 1 aliphatic carbocycles. The number of hydrogen-bond acceptors (Lipinski definition) is 2. The maximum absolute atomic E-state index is 4.37. The van der Waals surface area contributed by atoms with Gasteiger partial charge in [0.1, 0.15) is 0 Å². The zero-order valence-electron chi connectivity index (χ0n) is 15.5. The summed E-state index contributed by atoms with van der Waals surface area (Å²) in [4.78, 5) is 6.96. The summed E-state index contributed by atoms with van der Waals surface area (Å²) >= 11 is 0. The fourth-order valence-electron chi connectivity index (χ4n) is 3.66. The van der Waals surface area contributed by atoms with Crippen LogP contribution < -0.4 is 10.6 Å². The molecule has 25 heavy (non-hydrogen) atoms. The van der Waals surface area contributed by atoms with Crippen molar-refractivity contribution in [2.24, 2.45) is 4.99 Å². The van der Waals surface area contributed by atoms with Crippen molar-refractivity contribution in [1.29, 1.82) is 0 Å². The van der Waals surface area contributed by atoms with Crippen LogP contribution in [0.5, 0.6) is 0 Å². The topological polar surface area (TPSA) is 39.7 Å². The van der Waals surface area contributed by atoms with Gasteiger partial charge in [-0.2, -0.15) is 0 Å². The highest BCUT2D eigenvalue weighted by atomic mass is 127.